The molecule has 5 aromatic carbocycles. The molecule has 0 aliphatic heterocycles. The van der Waals surface area contributed by atoms with E-state index in [4.69, 9.17) is 19.9 Å². The van der Waals surface area contributed by atoms with Crippen molar-refractivity contribution in [1.82, 2.24) is 19.9 Å². The molecule has 0 N–H and O–H groups in total. The zero-order chi connectivity index (χ0) is 30.2. The van der Waals surface area contributed by atoms with Gasteiger partial charge in [-0.2, -0.15) is 0 Å². The van der Waals surface area contributed by atoms with Gasteiger partial charge < -0.3 is 0 Å². The van der Waals surface area contributed by atoms with Crippen molar-refractivity contribution in [1.29, 1.82) is 0 Å². The van der Waals surface area contributed by atoms with E-state index in [-0.39, 0.29) is 0 Å². The summed E-state index contributed by atoms with van der Waals surface area (Å²) in [7, 11) is 0. The van der Waals surface area contributed by atoms with Gasteiger partial charge in [0.05, 0.1) is 28.1 Å². The molecule has 0 saturated carbocycles. The monoisotopic (exact) mass is 576 g/mol. The van der Waals surface area contributed by atoms with Gasteiger partial charge in [-0.25, -0.2) is 15.0 Å². The van der Waals surface area contributed by atoms with Crippen molar-refractivity contribution in [2.45, 2.75) is 6.92 Å². The number of aryl methyl sites for hydroxylation is 1. The average Bonchev–Trinajstić information content (AvgIpc) is 3.12. The molecular formula is C41H28N4. The number of pyridine rings is 2. The van der Waals surface area contributed by atoms with E-state index in [1.165, 1.54) is 0 Å². The highest BCUT2D eigenvalue weighted by Crippen LogP contribution is 2.35. The summed E-state index contributed by atoms with van der Waals surface area (Å²) in [5.74, 6) is 0.709. The molecule has 0 unspecified atom stereocenters. The Morgan fingerprint density at radius 2 is 0.911 bits per heavy atom. The molecule has 0 radical (unpaired) electrons. The number of benzene rings is 5. The van der Waals surface area contributed by atoms with Gasteiger partial charge in [0.2, 0.25) is 0 Å². The minimum atomic E-state index is 0.709. The molecule has 4 nitrogen and oxygen atoms in total. The third-order valence-electron chi connectivity index (χ3n) is 8.16. The summed E-state index contributed by atoms with van der Waals surface area (Å²) in [5.41, 5.74) is 11.9. The minimum Gasteiger partial charge on any atom is -0.251 e. The maximum Gasteiger partial charge on any atom is 0.160 e. The average molecular weight is 577 g/mol. The molecular weight excluding hydrogens is 548 g/mol. The highest BCUT2D eigenvalue weighted by atomic mass is 14.9. The molecule has 0 fully saturated rings. The molecule has 0 aliphatic rings. The lowest BCUT2D eigenvalue weighted by Gasteiger charge is -2.12. The first-order valence-corrected chi connectivity index (χ1v) is 15.1. The summed E-state index contributed by atoms with van der Waals surface area (Å²) in [4.78, 5) is 20.0. The Morgan fingerprint density at radius 1 is 0.378 bits per heavy atom. The molecule has 212 valence electrons. The summed E-state index contributed by atoms with van der Waals surface area (Å²) in [6.45, 7) is 2.05. The maximum atomic E-state index is 5.09. The highest BCUT2D eigenvalue weighted by Gasteiger charge is 2.14. The van der Waals surface area contributed by atoms with E-state index in [0.29, 0.717) is 5.82 Å². The largest absolute Gasteiger partial charge is 0.251 e. The summed E-state index contributed by atoms with van der Waals surface area (Å²) in [6, 6.07) is 52.1. The molecule has 45 heavy (non-hydrogen) atoms. The first-order chi connectivity index (χ1) is 22.2. The predicted molar refractivity (Wildman–Crippen MR) is 185 cm³/mol. The van der Waals surface area contributed by atoms with Gasteiger partial charge in [0.25, 0.3) is 0 Å². The fourth-order valence-corrected chi connectivity index (χ4v) is 5.90. The molecule has 3 aromatic heterocycles. The van der Waals surface area contributed by atoms with Crippen molar-refractivity contribution in [2.24, 2.45) is 0 Å². The SMILES string of the molecule is Cc1cc(-c2ccc(-c3cc(-c4ccccc4)nc(-c4ccccc4)n3)cc2)c2ccc3ccc(-c4ccccc4)nc3c2n1. The fraction of sp³-hybridized carbons (Fsp3) is 0.0244. The molecule has 0 amide bonds. The van der Waals surface area contributed by atoms with Gasteiger partial charge >= 0.3 is 0 Å². The Kier molecular flexibility index (Phi) is 6.65. The van der Waals surface area contributed by atoms with Gasteiger partial charge in [0.15, 0.2) is 5.82 Å². The van der Waals surface area contributed by atoms with Crippen molar-refractivity contribution in [3.05, 3.63) is 157 Å². The Hall–Kier alpha value is -6.00. The van der Waals surface area contributed by atoms with Crippen LogP contribution < -0.4 is 0 Å². The summed E-state index contributed by atoms with van der Waals surface area (Å²) in [6.07, 6.45) is 0. The number of aromatic nitrogens is 4. The fourth-order valence-electron chi connectivity index (χ4n) is 5.90. The summed E-state index contributed by atoms with van der Waals surface area (Å²) < 4.78 is 0. The van der Waals surface area contributed by atoms with E-state index < -0.39 is 0 Å². The van der Waals surface area contributed by atoms with E-state index in [0.717, 1.165) is 78.0 Å². The second-order valence-corrected chi connectivity index (χ2v) is 11.2. The first kappa shape index (κ1) is 26.6. The van der Waals surface area contributed by atoms with Crippen LogP contribution in [0, 0.1) is 6.92 Å². The summed E-state index contributed by atoms with van der Waals surface area (Å²) >= 11 is 0. The van der Waals surface area contributed by atoms with Crippen LogP contribution in [-0.2, 0) is 0 Å². The van der Waals surface area contributed by atoms with Crippen LogP contribution in [0.1, 0.15) is 5.69 Å². The van der Waals surface area contributed by atoms with Crippen molar-refractivity contribution in [3.63, 3.8) is 0 Å². The second kappa shape index (κ2) is 11.3. The molecule has 0 saturated heterocycles. The molecule has 0 bridgehead atoms. The second-order valence-electron chi connectivity index (χ2n) is 11.2. The number of nitrogens with zero attached hydrogens (tertiary/aromatic N) is 4. The van der Waals surface area contributed by atoms with Crippen LogP contribution in [-0.4, -0.2) is 19.9 Å². The Bertz CT molecular complexity index is 2240. The minimum absolute atomic E-state index is 0.709. The molecule has 3 heterocycles. The topological polar surface area (TPSA) is 51.6 Å². The third kappa shape index (κ3) is 5.13. The number of fused-ring (bicyclic) bond motifs is 3. The van der Waals surface area contributed by atoms with Crippen LogP contribution in [0.4, 0.5) is 0 Å². The summed E-state index contributed by atoms with van der Waals surface area (Å²) in [5, 5.41) is 2.16. The predicted octanol–water partition coefficient (Wildman–Crippen LogP) is 10.2. The quantitative estimate of drug-likeness (QED) is 0.191. The highest BCUT2D eigenvalue weighted by molar-refractivity contribution is 6.08. The van der Waals surface area contributed by atoms with E-state index in [1.807, 2.05) is 61.5 Å². The van der Waals surface area contributed by atoms with Crippen LogP contribution in [0.15, 0.2) is 152 Å². The van der Waals surface area contributed by atoms with Gasteiger partial charge in [-0.1, -0.05) is 133 Å². The van der Waals surface area contributed by atoms with E-state index in [9.17, 15) is 0 Å². The Morgan fingerprint density at radius 3 is 1.56 bits per heavy atom. The number of rotatable bonds is 5. The van der Waals surface area contributed by atoms with E-state index in [1.54, 1.807) is 0 Å². The Labute approximate surface area is 261 Å². The van der Waals surface area contributed by atoms with Gasteiger partial charge in [0.1, 0.15) is 0 Å². The zero-order valence-corrected chi connectivity index (χ0v) is 24.7. The van der Waals surface area contributed by atoms with Crippen LogP contribution in [0.2, 0.25) is 0 Å². The zero-order valence-electron chi connectivity index (χ0n) is 24.7. The number of hydrogen-bond donors (Lipinski definition) is 0. The lowest BCUT2D eigenvalue weighted by molar-refractivity contribution is 1.18. The van der Waals surface area contributed by atoms with Crippen molar-refractivity contribution in [3.8, 4) is 56.3 Å². The Balaban J connectivity index is 1.23. The molecule has 4 heteroatoms. The van der Waals surface area contributed by atoms with Crippen LogP contribution in [0.3, 0.4) is 0 Å². The van der Waals surface area contributed by atoms with Gasteiger partial charge in [0, 0.05) is 38.7 Å². The first-order valence-electron chi connectivity index (χ1n) is 15.1. The van der Waals surface area contributed by atoms with Gasteiger partial charge in [-0.05, 0) is 36.2 Å². The maximum absolute atomic E-state index is 5.09. The van der Waals surface area contributed by atoms with Crippen LogP contribution in [0.25, 0.3) is 78.1 Å². The lowest BCUT2D eigenvalue weighted by Crippen LogP contribution is -1.96. The standard InChI is InChI=1S/C41H28N4/c1-27-25-35(34-23-21-32-22-24-36(29-11-5-2-6-12-29)43-39(32)40(34)42-27)28-17-19-31(20-18-28)38-26-37(30-13-7-3-8-14-30)44-41(45-38)33-15-9-4-10-16-33/h2-26H,1H3. The lowest BCUT2D eigenvalue weighted by atomic mass is 9.97. The van der Waals surface area contributed by atoms with Gasteiger partial charge in [-0.15, -0.1) is 0 Å². The molecule has 0 aliphatic carbocycles. The third-order valence-corrected chi connectivity index (χ3v) is 8.16. The molecule has 0 spiro atoms. The van der Waals surface area contributed by atoms with E-state index >= 15 is 0 Å². The molecule has 0 atom stereocenters. The number of hydrogen-bond acceptors (Lipinski definition) is 4. The normalized spacial score (nSPS) is 11.2. The van der Waals surface area contributed by atoms with Crippen LogP contribution >= 0.6 is 0 Å². The molecule has 8 rings (SSSR count). The molecule has 8 aromatic rings. The van der Waals surface area contributed by atoms with Crippen molar-refractivity contribution in [2.75, 3.05) is 0 Å². The van der Waals surface area contributed by atoms with Gasteiger partial charge in [-0.3, -0.25) is 4.98 Å². The smallest absolute Gasteiger partial charge is 0.160 e. The van der Waals surface area contributed by atoms with Crippen molar-refractivity contribution >= 4 is 21.8 Å². The van der Waals surface area contributed by atoms with Crippen molar-refractivity contribution < 1.29 is 0 Å². The van der Waals surface area contributed by atoms with E-state index in [2.05, 4.69) is 97.1 Å². The van der Waals surface area contributed by atoms with Crippen LogP contribution in [0.5, 0.6) is 0 Å².